The minimum absolute atomic E-state index is 0.0281. The molecule has 1 fully saturated rings. The molecule has 0 aromatic carbocycles. The fourth-order valence-corrected chi connectivity index (χ4v) is 1.86. The predicted molar refractivity (Wildman–Crippen MR) is 59.3 cm³/mol. The lowest BCUT2D eigenvalue weighted by atomic mass is 9.96. The Morgan fingerprint density at radius 1 is 1.67 bits per heavy atom. The molecule has 1 rings (SSSR count). The van der Waals surface area contributed by atoms with Crippen molar-refractivity contribution in [1.29, 1.82) is 0 Å². The third-order valence-corrected chi connectivity index (χ3v) is 3.17. The summed E-state index contributed by atoms with van der Waals surface area (Å²) in [5, 5.41) is 9.54. The molecule has 0 spiro atoms. The summed E-state index contributed by atoms with van der Waals surface area (Å²) in [5.41, 5.74) is 5.75. The van der Waals surface area contributed by atoms with E-state index in [4.69, 9.17) is 5.73 Å². The number of aliphatic hydroxyl groups excluding tert-OH is 1. The van der Waals surface area contributed by atoms with Gasteiger partial charge in [0.2, 0.25) is 5.91 Å². The number of hydrogen-bond acceptors (Lipinski definition) is 3. The van der Waals surface area contributed by atoms with Gasteiger partial charge in [-0.3, -0.25) is 4.79 Å². The van der Waals surface area contributed by atoms with E-state index in [9.17, 15) is 9.90 Å². The predicted octanol–water partition coefficient (Wildman–Crippen LogP) is 0.343. The summed E-state index contributed by atoms with van der Waals surface area (Å²) in [6, 6.07) is -0.0281. The van der Waals surface area contributed by atoms with E-state index in [2.05, 4.69) is 0 Å². The first kappa shape index (κ1) is 12.5. The van der Waals surface area contributed by atoms with E-state index < -0.39 is 0 Å². The van der Waals surface area contributed by atoms with Gasteiger partial charge in [-0.05, 0) is 18.8 Å². The second-order valence-electron chi connectivity index (χ2n) is 4.55. The van der Waals surface area contributed by atoms with E-state index >= 15 is 0 Å². The minimum atomic E-state index is -0.256. The summed E-state index contributed by atoms with van der Waals surface area (Å²) in [5.74, 6) is 0.309. The van der Waals surface area contributed by atoms with Gasteiger partial charge in [-0.1, -0.05) is 13.8 Å². The van der Waals surface area contributed by atoms with Gasteiger partial charge in [0.25, 0.3) is 0 Å². The topological polar surface area (TPSA) is 66.6 Å². The van der Waals surface area contributed by atoms with Crippen molar-refractivity contribution in [3.63, 3.8) is 0 Å². The van der Waals surface area contributed by atoms with Crippen LogP contribution in [0.2, 0.25) is 0 Å². The van der Waals surface area contributed by atoms with Crippen molar-refractivity contribution in [3.05, 3.63) is 0 Å². The third kappa shape index (κ3) is 3.47. The average molecular weight is 214 g/mol. The third-order valence-electron chi connectivity index (χ3n) is 3.17. The Hall–Kier alpha value is -0.610. The van der Waals surface area contributed by atoms with Gasteiger partial charge in [-0.25, -0.2) is 0 Å². The van der Waals surface area contributed by atoms with E-state index in [0.29, 0.717) is 25.9 Å². The summed E-state index contributed by atoms with van der Waals surface area (Å²) >= 11 is 0. The van der Waals surface area contributed by atoms with Crippen LogP contribution < -0.4 is 5.73 Å². The van der Waals surface area contributed by atoms with Crippen molar-refractivity contribution in [2.75, 3.05) is 13.1 Å². The van der Waals surface area contributed by atoms with Crippen LogP contribution in [0.3, 0.4) is 0 Å². The lowest BCUT2D eigenvalue weighted by Gasteiger charge is -2.34. The largest absolute Gasteiger partial charge is 0.393 e. The molecule has 88 valence electrons. The maximum Gasteiger partial charge on any atom is 0.224 e. The highest BCUT2D eigenvalue weighted by molar-refractivity contribution is 5.76. The zero-order valence-corrected chi connectivity index (χ0v) is 9.65. The molecular formula is C11H22N2O2. The van der Waals surface area contributed by atoms with Crippen LogP contribution in [-0.4, -0.2) is 41.1 Å². The van der Waals surface area contributed by atoms with Crippen LogP contribution in [0.15, 0.2) is 0 Å². The van der Waals surface area contributed by atoms with Gasteiger partial charge in [0.1, 0.15) is 0 Å². The highest BCUT2D eigenvalue weighted by atomic mass is 16.3. The van der Waals surface area contributed by atoms with Crippen LogP contribution in [0, 0.1) is 5.92 Å². The maximum atomic E-state index is 11.8. The van der Waals surface area contributed by atoms with Crippen LogP contribution in [-0.2, 0) is 4.79 Å². The number of rotatable bonds is 3. The smallest absolute Gasteiger partial charge is 0.224 e. The van der Waals surface area contributed by atoms with Gasteiger partial charge < -0.3 is 15.7 Å². The number of nitrogens with two attached hydrogens (primary N) is 1. The fourth-order valence-electron chi connectivity index (χ4n) is 1.86. The molecule has 3 unspecified atom stereocenters. The zero-order valence-electron chi connectivity index (χ0n) is 9.65. The standard InChI is InChI=1S/C11H22N2O2/c1-3-9(12)6-11(15)13-5-4-10(14)8(2)7-13/h8-10,14H,3-7,12H2,1-2H3. The van der Waals surface area contributed by atoms with Crippen LogP contribution in [0.4, 0.5) is 0 Å². The van der Waals surface area contributed by atoms with E-state index in [0.717, 1.165) is 6.42 Å². The molecular weight excluding hydrogens is 192 g/mol. The first-order valence-corrected chi connectivity index (χ1v) is 5.76. The van der Waals surface area contributed by atoms with Gasteiger partial charge in [-0.2, -0.15) is 0 Å². The molecule has 4 heteroatoms. The molecule has 1 heterocycles. The molecule has 1 aliphatic heterocycles. The molecule has 0 aromatic heterocycles. The van der Waals surface area contributed by atoms with Gasteiger partial charge >= 0.3 is 0 Å². The van der Waals surface area contributed by atoms with E-state index in [1.54, 1.807) is 0 Å². The second kappa shape index (κ2) is 5.47. The Morgan fingerprint density at radius 2 is 2.33 bits per heavy atom. The molecule has 0 radical (unpaired) electrons. The van der Waals surface area contributed by atoms with Crippen LogP contribution in [0.25, 0.3) is 0 Å². The molecule has 0 bridgehead atoms. The van der Waals surface area contributed by atoms with Crippen LogP contribution >= 0.6 is 0 Å². The van der Waals surface area contributed by atoms with E-state index in [1.165, 1.54) is 0 Å². The number of amides is 1. The lowest BCUT2D eigenvalue weighted by Crippen LogP contribution is -2.46. The SMILES string of the molecule is CCC(N)CC(=O)N1CCC(O)C(C)C1. The Kier molecular flexibility index (Phi) is 4.54. The van der Waals surface area contributed by atoms with Crippen molar-refractivity contribution in [2.45, 2.75) is 45.3 Å². The molecule has 3 N–H and O–H groups in total. The molecule has 15 heavy (non-hydrogen) atoms. The second-order valence-corrected chi connectivity index (χ2v) is 4.55. The number of nitrogens with zero attached hydrogens (tertiary/aromatic N) is 1. The Bertz CT molecular complexity index is 221. The van der Waals surface area contributed by atoms with Crippen LogP contribution in [0.5, 0.6) is 0 Å². The normalized spacial score (nSPS) is 28.9. The molecule has 1 aliphatic rings. The number of aliphatic hydroxyl groups is 1. The van der Waals surface area contributed by atoms with Gasteiger partial charge in [0.05, 0.1) is 6.10 Å². The summed E-state index contributed by atoms with van der Waals surface area (Å²) in [7, 11) is 0. The van der Waals surface area contributed by atoms with Gasteiger partial charge in [0, 0.05) is 25.6 Å². The zero-order chi connectivity index (χ0) is 11.4. The lowest BCUT2D eigenvalue weighted by molar-refractivity contribution is -0.135. The molecule has 3 atom stereocenters. The summed E-state index contributed by atoms with van der Waals surface area (Å²) in [6.45, 7) is 5.29. The van der Waals surface area contributed by atoms with Crippen molar-refractivity contribution in [2.24, 2.45) is 11.7 Å². The molecule has 1 amide bonds. The summed E-state index contributed by atoms with van der Waals surface area (Å²) in [4.78, 5) is 13.6. The highest BCUT2D eigenvalue weighted by Gasteiger charge is 2.27. The molecule has 4 nitrogen and oxygen atoms in total. The van der Waals surface area contributed by atoms with Crippen molar-refractivity contribution in [1.82, 2.24) is 4.90 Å². The number of likely N-dealkylation sites (tertiary alicyclic amines) is 1. The first-order valence-electron chi connectivity index (χ1n) is 5.76. The average Bonchev–Trinajstić information content (AvgIpc) is 2.21. The van der Waals surface area contributed by atoms with Crippen molar-refractivity contribution in [3.8, 4) is 0 Å². The summed E-state index contributed by atoms with van der Waals surface area (Å²) in [6.07, 6.45) is 1.69. The molecule has 1 saturated heterocycles. The quantitative estimate of drug-likeness (QED) is 0.712. The number of carbonyl (C=O) groups excluding carboxylic acids is 1. The minimum Gasteiger partial charge on any atom is -0.393 e. The van der Waals surface area contributed by atoms with Crippen LogP contribution in [0.1, 0.15) is 33.1 Å². The van der Waals surface area contributed by atoms with Crippen molar-refractivity contribution < 1.29 is 9.90 Å². The number of hydrogen-bond donors (Lipinski definition) is 2. The fraction of sp³-hybridized carbons (Fsp3) is 0.909. The van der Waals surface area contributed by atoms with Gasteiger partial charge in [0.15, 0.2) is 0 Å². The van der Waals surface area contributed by atoms with Gasteiger partial charge in [-0.15, -0.1) is 0 Å². The molecule has 0 aromatic rings. The summed E-state index contributed by atoms with van der Waals surface area (Å²) < 4.78 is 0. The molecule has 0 saturated carbocycles. The highest BCUT2D eigenvalue weighted by Crippen LogP contribution is 2.17. The Morgan fingerprint density at radius 3 is 2.87 bits per heavy atom. The van der Waals surface area contributed by atoms with E-state index in [1.807, 2.05) is 18.7 Å². The monoisotopic (exact) mass is 214 g/mol. The van der Waals surface area contributed by atoms with Crippen molar-refractivity contribution >= 4 is 5.91 Å². The maximum absolute atomic E-state index is 11.8. The number of carbonyl (C=O) groups is 1. The Labute approximate surface area is 91.4 Å². The Balaban J connectivity index is 2.40. The van der Waals surface area contributed by atoms with E-state index in [-0.39, 0.29) is 24.0 Å². The molecule has 0 aliphatic carbocycles. The number of piperidine rings is 1. The first-order chi connectivity index (χ1) is 7.04.